The summed E-state index contributed by atoms with van der Waals surface area (Å²) in [6.07, 6.45) is -5.03. The van der Waals surface area contributed by atoms with Crippen LogP contribution in [0, 0.1) is 0 Å². The van der Waals surface area contributed by atoms with E-state index in [1.54, 1.807) is 13.8 Å². The molecule has 1 aromatic rings. The molecule has 2 N–H and O–H groups in total. The van der Waals surface area contributed by atoms with E-state index in [0.29, 0.717) is 10.2 Å². The summed E-state index contributed by atoms with van der Waals surface area (Å²) in [5.74, 6) is 0. The smallest absolute Gasteiger partial charge is 0.391 e. The number of hydrogen-bond acceptors (Lipinski definition) is 2. The number of benzene rings is 1. The van der Waals surface area contributed by atoms with E-state index in [4.69, 9.17) is 0 Å². The van der Waals surface area contributed by atoms with Crippen molar-refractivity contribution in [3.05, 3.63) is 28.2 Å². The molecule has 2 nitrogen and oxygen atoms in total. The van der Waals surface area contributed by atoms with Crippen molar-refractivity contribution in [2.45, 2.75) is 32.2 Å². The van der Waals surface area contributed by atoms with Gasteiger partial charge >= 0.3 is 6.18 Å². The fraction of sp³-hybridized carbons (Fsp3) is 0.455. The first-order chi connectivity index (χ1) is 7.70. The van der Waals surface area contributed by atoms with Crippen molar-refractivity contribution < 1.29 is 18.3 Å². The van der Waals surface area contributed by atoms with Crippen LogP contribution in [0.2, 0.25) is 0 Å². The molecule has 0 saturated heterocycles. The van der Waals surface area contributed by atoms with Gasteiger partial charge in [0.2, 0.25) is 0 Å². The SMILES string of the molecule is CC(O)C(C)Nc1cc(Br)cc(C(F)(F)F)c1. The monoisotopic (exact) mass is 311 g/mol. The van der Waals surface area contributed by atoms with Crippen LogP contribution in [0.5, 0.6) is 0 Å². The van der Waals surface area contributed by atoms with Crippen LogP contribution in [0.4, 0.5) is 18.9 Å². The van der Waals surface area contributed by atoms with E-state index in [-0.39, 0.29) is 6.04 Å². The summed E-state index contributed by atoms with van der Waals surface area (Å²) in [5.41, 5.74) is -0.410. The number of nitrogens with one attached hydrogen (secondary N) is 1. The van der Waals surface area contributed by atoms with Gasteiger partial charge in [0.15, 0.2) is 0 Å². The fourth-order valence-corrected chi connectivity index (χ4v) is 1.71. The zero-order chi connectivity index (χ0) is 13.2. The molecule has 0 aliphatic carbocycles. The van der Waals surface area contributed by atoms with Crippen molar-refractivity contribution in [1.82, 2.24) is 0 Å². The quantitative estimate of drug-likeness (QED) is 0.893. The van der Waals surface area contributed by atoms with Crippen LogP contribution < -0.4 is 5.32 Å². The number of alkyl halides is 3. The van der Waals surface area contributed by atoms with Crippen LogP contribution in [0.3, 0.4) is 0 Å². The average molecular weight is 312 g/mol. The molecule has 0 fully saturated rings. The molecule has 0 aromatic heterocycles. The van der Waals surface area contributed by atoms with Crippen LogP contribution in [0.1, 0.15) is 19.4 Å². The Kier molecular flexibility index (Phi) is 4.43. The van der Waals surface area contributed by atoms with Gasteiger partial charge in [0.05, 0.1) is 11.7 Å². The molecule has 0 aliphatic rings. The summed E-state index contributed by atoms with van der Waals surface area (Å²) in [5, 5.41) is 12.1. The summed E-state index contributed by atoms with van der Waals surface area (Å²) in [6.45, 7) is 3.26. The Hall–Kier alpha value is -0.750. The molecule has 0 radical (unpaired) electrons. The first-order valence-corrected chi connectivity index (χ1v) is 5.82. The molecule has 0 spiro atoms. The van der Waals surface area contributed by atoms with E-state index in [9.17, 15) is 18.3 Å². The Balaban J connectivity index is 2.98. The predicted octanol–water partition coefficient (Wildman–Crippen LogP) is 3.65. The lowest BCUT2D eigenvalue weighted by atomic mass is 10.1. The number of anilines is 1. The van der Waals surface area contributed by atoms with E-state index in [1.807, 2.05) is 0 Å². The first-order valence-electron chi connectivity index (χ1n) is 5.02. The second kappa shape index (κ2) is 5.27. The second-order valence-electron chi connectivity index (χ2n) is 3.90. The topological polar surface area (TPSA) is 32.3 Å². The highest BCUT2D eigenvalue weighted by Crippen LogP contribution is 2.33. The largest absolute Gasteiger partial charge is 0.416 e. The Morgan fingerprint density at radius 2 is 1.82 bits per heavy atom. The molecule has 6 heteroatoms. The molecule has 17 heavy (non-hydrogen) atoms. The van der Waals surface area contributed by atoms with Gasteiger partial charge in [0.25, 0.3) is 0 Å². The minimum absolute atomic E-state index is 0.320. The van der Waals surface area contributed by atoms with E-state index in [0.717, 1.165) is 12.1 Å². The van der Waals surface area contributed by atoms with Crippen LogP contribution in [-0.4, -0.2) is 17.3 Å². The number of aliphatic hydroxyl groups is 1. The molecular weight excluding hydrogens is 299 g/mol. The Morgan fingerprint density at radius 1 is 1.24 bits per heavy atom. The zero-order valence-corrected chi connectivity index (χ0v) is 10.9. The van der Waals surface area contributed by atoms with Crippen molar-refractivity contribution in [3.8, 4) is 0 Å². The average Bonchev–Trinajstić information content (AvgIpc) is 2.15. The standard InChI is InChI=1S/C11H13BrF3NO/c1-6(7(2)17)16-10-4-8(11(13,14)15)3-9(12)5-10/h3-7,16-17H,1-2H3. The maximum Gasteiger partial charge on any atom is 0.416 e. The summed E-state index contributed by atoms with van der Waals surface area (Å²) < 4.78 is 38.0. The lowest BCUT2D eigenvalue weighted by molar-refractivity contribution is -0.137. The molecule has 1 aromatic carbocycles. The van der Waals surface area contributed by atoms with Gasteiger partial charge in [0.1, 0.15) is 0 Å². The molecule has 0 amide bonds. The van der Waals surface area contributed by atoms with Gasteiger partial charge in [-0.1, -0.05) is 15.9 Å². The predicted molar refractivity (Wildman–Crippen MR) is 63.9 cm³/mol. The maximum atomic E-state index is 12.5. The second-order valence-corrected chi connectivity index (χ2v) is 4.82. The van der Waals surface area contributed by atoms with Crippen molar-refractivity contribution in [3.63, 3.8) is 0 Å². The van der Waals surface area contributed by atoms with Gasteiger partial charge < -0.3 is 10.4 Å². The number of rotatable bonds is 3. The Morgan fingerprint density at radius 3 is 2.29 bits per heavy atom. The molecule has 0 saturated carbocycles. The first kappa shape index (κ1) is 14.3. The number of hydrogen-bond donors (Lipinski definition) is 2. The Bertz CT molecular complexity index is 393. The summed E-state index contributed by atoms with van der Waals surface area (Å²) >= 11 is 3.03. The number of halogens is 4. The summed E-state index contributed by atoms with van der Waals surface area (Å²) in [7, 11) is 0. The minimum Gasteiger partial charge on any atom is -0.391 e. The van der Waals surface area contributed by atoms with Gasteiger partial charge in [0, 0.05) is 16.2 Å². The highest BCUT2D eigenvalue weighted by atomic mass is 79.9. The van der Waals surface area contributed by atoms with Crippen molar-refractivity contribution >= 4 is 21.6 Å². The maximum absolute atomic E-state index is 12.5. The molecule has 2 unspecified atom stereocenters. The molecule has 96 valence electrons. The van der Waals surface area contributed by atoms with E-state index < -0.39 is 17.8 Å². The van der Waals surface area contributed by atoms with Crippen LogP contribution in [-0.2, 0) is 6.18 Å². The van der Waals surface area contributed by atoms with Crippen molar-refractivity contribution in [1.29, 1.82) is 0 Å². The number of aliphatic hydroxyl groups excluding tert-OH is 1. The highest BCUT2D eigenvalue weighted by molar-refractivity contribution is 9.10. The third-order valence-electron chi connectivity index (χ3n) is 2.34. The third-order valence-corrected chi connectivity index (χ3v) is 2.80. The lowest BCUT2D eigenvalue weighted by Gasteiger charge is -2.19. The molecule has 0 bridgehead atoms. The van der Waals surface area contributed by atoms with Gasteiger partial charge in [-0.15, -0.1) is 0 Å². The van der Waals surface area contributed by atoms with Gasteiger partial charge in [-0.25, -0.2) is 0 Å². The van der Waals surface area contributed by atoms with E-state index >= 15 is 0 Å². The molecule has 0 aliphatic heterocycles. The fourth-order valence-electron chi connectivity index (χ4n) is 1.22. The van der Waals surface area contributed by atoms with Crippen molar-refractivity contribution in [2.75, 3.05) is 5.32 Å². The third kappa shape index (κ3) is 4.20. The highest BCUT2D eigenvalue weighted by Gasteiger charge is 2.31. The molecular formula is C11H13BrF3NO. The van der Waals surface area contributed by atoms with Gasteiger partial charge in [-0.05, 0) is 32.0 Å². The molecule has 2 atom stereocenters. The van der Waals surface area contributed by atoms with Gasteiger partial charge in [-0.3, -0.25) is 0 Å². The molecule has 1 rings (SSSR count). The Labute approximate surface area is 106 Å². The van der Waals surface area contributed by atoms with Crippen LogP contribution in [0.15, 0.2) is 22.7 Å². The minimum atomic E-state index is -4.38. The van der Waals surface area contributed by atoms with E-state index in [2.05, 4.69) is 21.2 Å². The van der Waals surface area contributed by atoms with E-state index in [1.165, 1.54) is 6.07 Å². The van der Waals surface area contributed by atoms with Crippen molar-refractivity contribution in [2.24, 2.45) is 0 Å². The van der Waals surface area contributed by atoms with Crippen LogP contribution >= 0.6 is 15.9 Å². The normalized spacial score (nSPS) is 15.5. The molecule has 0 heterocycles. The summed E-state index contributed by atoms with van der Waals surface area (Å²) in [6, 6.07) is 3.24. The lowest BCUT2D eigenvalue weighted by Crippen LogP contribution is -2.27. The van der Waals surface area contributed by atoms with Gasteiger partial charge in [-0.2, -0.15) is 13.2 Å². The van der Waals surface area contributed by atoms with Crippen LogP contribution in [0.25, 0.3) is 0 Å². The zero-order valence-electron chi connectivity index (χ0n) is 9.35. The summed E-state index contributed by atoms with van der Waals surface area (Å²) in [4.78, 5) is 0.